The average Bonchev–Trinajstić information content (AvgIpc) is 2.99. The fourth-order valence-electron chi connectivity index (χ4n) is 2.80. The van der Waals surface area contributed by atoms with Gasteiger partial charge in [0.2, 0.25) is 5.91 Å². The van der Waals surface area contributed by atoms with Crippen molar-refractivity contribution in [2.24, 2.45) is 5.92 Å². The summed E-state index contributed by atoms with van der Waals surface area (Å²) in [5, 5.41) is 12.1. The van der Waals surface area contributed by atoms with Crippen LogP contribution in [0.15, 0.2) is 11.6 Å². The van der Waals surface area contributed by atoms with Gasteiger partial charge in [-0.05, 0) is 39.8 Å². The van der Waals surface area contributed by atoms with E-state index in [4.69, 9.17) is 0 Å². The number of aromatic nitrogens is 1. The van der Waals surface area contributed by atoms with Crippen LogP contribution in [0.3, 0.4) is 0 Å². The molecule has 1 amide bonds. The van der Waals surface area contributed by atoms with E-state index >= 15 is 0 Å². The summed E-state index contributed by atoms with van der Waals surface area (Å²) in [6, 6.07) is 0.546. The van der Waals surface area contributed by atoms with Crippen LogP contribution in [0.5, 0.6) is 0 Å². The topological polar surface area (TPSA) is 56.7 Å². The van der Waals surface area contributed by atoms with Gasteiger partial charge in [-0.25, -0.2) is 4.98 Å². The standard InChI is InChI=1S/C15H25N3O2S/c1-12(2)17-6-3-13(4-7-17)15(20)18(8-9-19)11-14-16-5-10-21-14/h5,10,12-13,19H,3-4,6-9,11H2,1-2H3. The summed E-state index contributed by atoms with van der Waals surface area (Å²) < 4.78 is 0. The van der Waals surface area contributed by atoms with Crippen LogP contribution in [0.1, 0.15) is 31.7 Å². The minimum absolute atomic E-state index is 0.00194. The van der Waals surface area contributed by atoms with E-state index in [1.54, 1.807) is 22.4 Å². The lowest BCUT2D eigenvalue weighted by molar-refractivity contribution is -0.138. The van der Waals surface area contributed by atoms with Crippen LogP contribution < -0.4 is 0 Å². The third-order valence-corrected chi connectivity index (χ3v) is 4.86. The summed E-state index contributed by atoms with van der Waals surface area (Å²) in [5.74, 6) is 0.258. The van der Waals surface area contributed by atoms with Crippen LogP contribution in [0, 0.1) is 5.92 Å². The number of rotatable bonds is 6. The number of carbonyl (C=O) groups excluding carboxylic acids is 1. The maximum atomic E-state index is 12.7. The van der Waals surface area contributed by atoms with Crippen molar-refractivity contribution in [2.75, 3.05) is 26.2 Å². The Labute approximate surface area is 130 Å². The molecule has 0 atom stereocenters. The van der Waals surface area contributed by atoms with Gasteiger partial charge in [0, 0.05) is 30.1 Å². The lowest BCUT2D eigenvalue weighted by Crippen LogP contribution is -2.45. The number of aliphatic hydroxyl groups excluding tert-OH is 1. The first-order chi connectivity index (χ1) is 10.1. The number of nitrogens with zero attached hydrogens (tertiary/aromatic N) is 3. The van der Waals surface area contributed by atoms with Gasteiger partial charge in [0.1, 0.15) is 5.01 Å². The molecule has 1 aliphatic rings. The van der Waals surface area contributed by atoms with Gasteiger partial charge >= 0.3 is 0 Å². The Morgan fingerprint density at radius 3 is 2.76 bits per heavy atom. The summed E-state index contributed by atoms with van der Waals surface area (Å²) >= 11 is 1.55. The zero-order chi connectivity index (χ0) is 15.2. The fraction of sp³-hybridized carbons (Fsp3) is 0.733. The molecule has 118 valence electrons. The van der Waals surface area contributed by atoms with Crippen LogP contribution in [0.2, 0.25) is 0 Å². The first kappa shape index (κ1) is 16.4. The van der Waals surface area contributed by atoms with Gasteiger partial charge in [-0.1, -0.05) is 0 Å². The van der Waals surface area contributed by atoms with Crippen LogP contribution in [-0.2, 0) is 11.3 Å². The zero-order valence-electron chi connectivity index (χ0n) is 12.9. The van der Waals surface area contributed by atoms with Crippen molar-refractivity contribution in [3.63, 3.8) is 0 Å². The predicted octanol–water partition coefficient (Wildman–Crippen LogP) is 1.58. The van der Waals surface area contributed by atoms with E-state index in [9.17, 15) is 9.90 Å². The summed E-state index contributed by atoms with van der Waals surface area (Å²) in [5.41, 5.74) is 0. The number of amides is 1. The number of piperidine rings is 1. The number of aliphatic hydroxyl groups is 1. The van der Waals surface area contributed by atoms with E-state index in [2.05, 4.69) is 23.7 Å². The number of carbonyl (C=O) groups is 1. The third-order valence-electron chi connectivity index (χ3n) is 4.10. The Bertz CT molecular complexity index is 428. The molecule has 1 aliphatic heterocycles. The monoisotopic (exact) mass is 311 g/mol. The molecule has 0 spiro atoms. The van der Waals surface area contributed by atoms with Crippen molar-refractivity contribution in [1.82, 2.24) is 14.8 Å². The lowest BCUT2D eigenvalue weighted by atomic mass is 9.94. The molecule has 6 heteroatoms. The van der Waals surface area contributed by atoms with E-state index in [0.717, 1.165) is 30.9 Å². The minimum Gasteiger partial charge on any atom is -0.395 e. The number of thiazole rings is 1. The number of hydrogen-bond acceptors (Lipinski definition) is 5. The molecule has 0 unspecified atom stereocenters. The van der Waals surface area contributed by atoms with Gasteiger partial charge in [-0.3, -0.25) is 4.79 Å². The van der Waals surface area contributed by atoms with Crippen LogP contribution in [-0.4, -0.2) is 58.1 Å². The lowest BCUT2D eigenvalue weighted by Gasteiger charge is -2.35. The SMILES string of the molecule is CC(C)N1CCC(C(=O)N(CCO)Cc2nccs2)CC1. The summed E-state index contributed by atoms with van der Waals surface area (Å²) in [7, 11) is 0. The Kier molecular flexibility index (Phi) is 6.14. The zero-order valence-corrected chi connectivity index (χ0v) is 13.7. The molecule has 1 aromatic rings. The third kappa shape index (κ3) is 4.49. The van der Waals surface area contributed by atoms with Crippen LogP contribution >= 0.6 is 11.3 Å². The van der Waals surface area contributed by atoms with E-state index < -0.39 is 0 Å². The molecule has 0 bridgehead atoms. The largest absolute Gasteiger partial charge is 0.395 e. The van der Waals surface area contributed by atoms with Crippen molar-refractivity contribution in [3.05, 3.63) is 16.6 Å². The molecule has 0 aliphatic carbocycles. The van der Waals surface area contributed by atoms with Crippen molar-refractivity contribution in [2.45, 2.75) is 39.3 Å². The molecule has 1 saturated heterocycles. The molecular formula is C15H25N3O2S. The van der Waals surface area contributed by atoms with Gasteiger partial charge in [0.05, 0.1) is 13.2 Å². The van der Waals surface area contributed by atoms with Crippen LogP contribution in [0.25, 0.3) is 0 Å². The first-order valence-corrected chi connectivity index (χ1v) is 8.52. The maximum Gasteiger partial charge on any atom is 0.226 e. The second-order valence-electron chi connectivity index (χ2n) is 5.81. The molecule has 2 heterocycles. The maximum absolute atomic E-state index is 12.7. The highest BCUT2D eigenvalue weighted by Crippen LogP contribution is 2.22. The quantitative estimate of drug-likeness (QED) is 0.867. The fourth-order valence-corrected chi connectivity index (χ4v) is 3.43. The molecular weight excluding hydrogens is 286 g/mol. The van der Waals surface area contributed by atoms with Gasteiger partial charge < -0.3 is 14.9 Å². The molecule has 0 aromatic carbocycles. The van der Waals surface area contributed by atoms with Crippen molar-refractivity contribution in [3.8, 4) is 0 Å². The molecule has 1 fully saturated rings. The minimum atomic E-state index is 0.00194. The van der Waals surface area contributed by atoms with Gasteiger partial charge in [-0.2, -0.15) is 0 Å². The van der Waals surface area contributed by atoms with Gasteiger partial charge in [0.15, 0.2) is 0 Å². The highest BCUT2D eigenvalue weighted by molar-refractivity contribution is 7.09. The second-order valence-corrected chi connectivity index (χ2v) is 6.79. The molecule has 2 rings (SSSR count). The summed E-state index contributed by atoms with van der Waals surface area (Å²) in [6.07, 6.45) is 3.58. The van der Waals surface area contributed by atoms with E-state index in [1.807, 2.05) is 5.38 Å². The highest BCUT2D eigenvalue weighted by atomic mass is 32.1. The van der Waals surface area contributed by atoms with E-state index in [1.165, 1.54) is 0 Å². The van der Waals surface area contributed by atoms with Crippen molar-refractivity contribution >= 4 is 17.2 Å². The number of hydrogen-bond donors (Lipinski definition) is 1. The summed E-state index contributed by atoms with van der Waals surface area (Å²) in [4.78, 5) is 21.1. The summed E-state index contributed by atoms with van der Waals surface area (Å²) in [6.45, 7) is 7.27. The molecule has 0 saturated carbocycles. The Morgan fingerprint density at radius 2 is 2.24 bits per heavy atom. The van der Waals surface area contributed by atoms with Crippen molar-refractivity contribution in [1.29, 1.82) is 0 Å². The Hall–Kier alpha value is -0.980. The molecule has 21 heavy (non-hydrogen) atoms. The Balaban J connectivity index is 1.92. The van der Waals surface area contributed by atoms with Crippen LogP contribution in [0.4, 0.5) is 0 Å². The molecule has 1 aromatic heterocycles. The molecule has 1 N–H and O–H groups in total. The Morgan fingerprint density at radius 1 is 1.52 bits per heavy atom. The molecule has 0 radical (unpaired) electrons. The smallest absolute Gasteiger partial charge is 0.226 e. The molecule has 5 nitrogen and oxygen atoms in total. The van der Waals surface area contributed by atoms with E-state index in [0.29, 0.717) is 19.1 Å². The van der Waals surface area contributed by atoms with Gasteiger partial charge in [-0.15, -0.1) is 11.3 Å². The first-order valence-electron chi connectivity index (χ1n) is 7.64. The van der Waals surface area contributed by atoms with Gasteiger partial charge in [0.25, 0.3) is 0 Å². The van der Waals surface area contributed by atoms with E-state index in [-0.39, 0.29) is 18.4 Å². The highest BCUT2D eigenvalue weighted by Gasteiger charge is 2.29. The normalized spacial score (nSPS) is 17.3. The average molecular weight is 311 g/mol. The van der Waals surface area contributed by atoms with Crippen molar-refractivity contribution < 1.29 is 9.90 Å². The predicted molar refractivity (Wildman–Crippen MR) is 84.0 cm³/mol. The number of likely N-dealkylation sites (tertiary alicyclic amines) is 1. The second kappa shape index (κ2) is 7.87.